The lowest BCUT2D eigenvalue weighted by molar-refractivity contribution is -0.130. The molecular formula is C21H22N2O4S. The van der Waals surface area contributed by atoms with Gasteiger partial charge >= 0.3 is 5.97 Å². The van der Waals surface area contributed by atoms with Crippen molar-refractivity contribution in [3.8, 4) is 0 Å². The Morgan fingerprint density at radius 3 is 2.86 bits per heavy atom. The summed E-state index contributed by atoms with van der Waals surface area (Å²) in [6, 6.07) is 12.8. The van der Waals surface area contributed by atoms with Gasteiger partial charge in [-0.2, -0.15) is 0 Å². The summed E-state index contributed by atoms with van der Waals surface area (Å²) in [6.07, 6.45) is 0.942. The Bertz CT molecular complexity index is 973. The highest BCUT2D eigenvalue weighted by atomic mass is 32.1. The van der Waals surface area contributed by atoms with Crippen LogP contribution in [0.3, 0.4) is 0 Å². The smallest absolute Gasteiger partial charge is 0.356 e. The third kappa shape index (κ3) is 3.81. The number of benzene rings is 1. The highest BCUT2D eigenvalue weighted by Crippen LogP contribution is 2.26. The van der Waals surface area contributed by atoms with Crippen LogP contribution in [-0.2, 0) is 21.3 Å². The lowest BCUT2D eigenvalue weighted by atomic mass is 10.1. The van der Waals surface area contributed by atoms with E-state index in [1.54, 1.807) is 34.1 Å². The van der Waals surface area contributed by atoms with Crippen molar-refractivity contribution in [2.24, 2.45) is 7.05 Å². The Morgan fingerprint density at radius 1 is 1.32 bits per heavy atom. The number of nitrogens with one attached hydrogen (secondary N) is 1. The molecule has 1 N–H and O–H groups in total. The van der Waals surface area contributed by atoms with Crippen molar-refractivity contribution in [1.29, 1.82) is 0 Å². The van der Waals surface area contributed by atoms with Crippen molar-refractivity contribution in [3.05, 3.63) is 59.1 Å². The van der Waals surface area contributed by atoms with Crippen molar-refractivity contribution >= 4 is 33.4 Å². The van der Waals surface area contributed by atoms with Crippen LogP contribution < -0.4 is 5.32 Å². The first-order valence-electron chi connectivity index (χ1n) is 9.31. The number of carbonyl (C=O) groups is 2. The summed E-state index contributed by atoms with van der Waals surface area (Å²) >= 11 is 1.56. The first kappa shape index (κ1) is 18.7. The number of aromatic nitrogens is 1. The Kier molecular flexibility index (Phi) is 5.45. The molecular weight excluding hydrogens is 376 g/mol. The van der Waals surface area contributed by atoms with Crippen LogP contribution in [0.25, 0.3) is 10.2 Å². The van der Waals surface area contributed by atoms with Crippen LogP contribution in [0.2, 0.25) is 0 Å². The third-order valence-electron chi connectivity index (χ3n) is 4.97. The first-order chi connectivity index (χ1) is 13.6. The average Bonchev–Trinajstić information content (AvgIpc) is 3.44. The van der Waals surface area contributed by atoms with E-state index in [1.165, 1.54) is 0 Å². The summed E-state index contributed by atoms with van der Waals surface area (Å²) in [5.41, 5.74) is 2.03. The van der Waals surface area contributed by atoms with E-state index in [2.05, 4.69) is 5.32 Å². The van der Waals surface area contributed by atoms with Gasteiger partial charge in [0.15, 0.2) is 0 Å². The number of carbonyl (C=O) groups excluding carboxylic acids is 2. The Morgan fingerprint density at radius 2 is 2.14 bits per heavy atom. The molecule has 2 atom stereocenters. The number of amides is 1. The molecule has 0 saturated carbocycles. The van der Waals surface area contributed by atoms with Crippen LogP contribution in [-0.4, -0.2) is 35.7 Å². The molecule has 1 amide bonds. The fourth-order valence-corrected chi connectivity index (χ4v) is 4.28. The molecule has 4 rings (SSSR count). The monoisotopic (exact) mass is 398 g/mol. The maximum absolute atomic E-state index is 12.8. The quantitative estimate of drug-likeness (QED) is 0.646. The van der Waals surface area contributed by atoms with Gasteiger partial charge in [-0.25, -0.2) is 4.79 Å². The van der Waals surface area contributed by atoms with Gasteiger partial charge in [-0.3, -0.25) is 4.79 Å². The predicted molar refractivity (Wildman–Crippen MR) is 107 cm³/mol. The second kappa shape index (κ2) is 8.16. The number of nitrogens with zero attached hydrogens (tertiary/aromatic N) is 1. The van der Waals surface area contributed by atoms with Crippen LogP contribution >= 0.6 is 11.3 Å². The van der Waals surface area contributed by atoms with E-state index < -0.39 is 12.1 Å². The van der Waals surface area contributed by atoms with E-state index >= 15 is 0 Å². The van der Waals surface area contributed by atoms with E-state index in [4.69, 9.17) is 9.47 Å². The van der Waals surface area contributed by atoms with Gasteiger partial charge in [0.05, 0.1) is 16.3 Å². The van der Waals surface area contributed by atoms with Crippen molar-refractivity contribution in [1.82, 2.24) is 9.88 Å². The summed E-state index contributed by atoms with van der Waals surface area (Å²) < 4.78 is 14.0. The zero-order valence-corrected chi connectivity index (χ0v) is 16.4. The Hall–Kier alpha value is -2.64. The maximum atomic E-state index is 12.8. The van der Waals surface area contributed by atoms with Gasteiger partial charge in [-0.05, 0) is 30.4 Å². The predicted octanol–water partition coefficient (Wildman–Crippen LogP) is 3.43. The molecule has 0 spiro atoms. The number of rotatable bonds is 6. The fourth-order valence-electron chi connectivity index (χ4n) is 3.43. The minimum absolute atomic E-state index is 0.0238. The summed E-state index contributed by atoms with van der Waals surface area (Å²) in [4.78, 5) is 25.7. The van der Waals surface area contributed by atoms with Gasteiger partial charge < -0.3 is 19.4 Å². The third-order valence-corrected chi connectivity index (χ3v) is 5.82. The minimum Gasteiger partial charge on any atom is -0.443 e. The van der Waals surface area contributed by atoms with Crippen LogP contribution in [0.1, 0.15) is 35.0 Å². The largest absolute Gasteiger partial charge is 0.443 e. The second-order valence-electron chi connectivity index (χ2n) is 6.83. The van der Waals surface area contributed by atoms with Crippen LogP contribution in [0.15, 0.2) is 47.8 Å². The molecule has 1 aliphatic rings. The summed E-state index contributed by atoms with van der Waals surface area (Å²) in [7, 11) is 1.82. The summed E-state index contributed by atoms with van der Waals surface area (Å²) in [6.45, 7) is 1.14. The lowest BCUT2D eigenvalue weighted by Crippen LogP contribution is -2.37. The number of esters is 1. The molecule has 2 aromatic heterocycles. The van der Waals surface area contributed by atoms with E-state index in [0.717, 1.165) is 29.7 Å². The van der Waals surface area contributed by atoms with Gasteiger partial charge in [-0.1, -0.05) is 30.3 Å². The fraction of sp³-hybridized carbons (Fsp3) is 0.333. The zero-order chi connectivity index (χ0) is 19.5. The highest BCUT2D eigenvalue weighted by molar-refractivity contribution is 7.17. The topological polar surface area (TPSA) is 69.6 Å². The van der Waals surface area contributed by atoms with Crippen molar-refractivity contribution < 1.29 is 19.1 Å². The molecule has 1 fully saturated rings. The van der Waals surface area contributed by atoms with Crippen LogP contribution in [0, 0.1) is 0 Å². The van der Waals surface area contributed by atoms with Crippen LogP contribution in [0.5, 0.6) is 0 Å². The number of aryl methyl sites for hydroxylation is 1. The van der Waals surface area contributed by atoms with Gasteiger partial charge in [-0.15, -0.1) is 11.3 Å². The molecule has 3 heterocycles. The standard InChI is InChI=1S/C21H22N2O4S/c1-23-16-9-11-28-18(16)12-17(23)21(25)27-19(14-6-3-2-4-7-14)20(24)22-13-15-8-5-10-26-15/h2-4,6-7,9,11-12,15,19H,5,8,10,13H2,1H3,(H,22,24). The molecule has 0 aliphatic carbocycles. The van der Waals surface area contributed by atoms with Gasteiger partial charge in [0.25, 0.3) is 5.91 Å². The molecule has 7 heteroatoms. The SMILES string of the molecule is Cn1c(C(=O)OC(C(=O)NCC2CCCO2)c2ccccc2)cc2sccc21. The number of ether oxygens (including phenoxy) is 2. The average molecular weight is 398 g/mol. The second-order valence-corrected chi connectivity index (χ2v) is 7.78. The van der Waals surface area contributed by atoms with E-state index in [9.17, 15) is 9.59 Å². The summed E-state index contributed by atoms with van der Waals surface area (Å²) in [5, 5.41) is 4.85. The minimum atomic E-state index is -1.01. The van der Waals surface area contributed by atoms with Gasteiger partial charge in [0, 0.05) is 25.8 Å². The maximum Gasteiger partial charge on any atom is 0.356 e. The Balaban J connectivity index is 1.52. The van der Waals surface area contributed by atoms with Crippen LogP contribution in [0.4, 0.5) is 0 Å². The van der Waals surface area contributed by atoms with E-state index in [1.807, 2.05) is 36.7 Å². The number of fused-ring (bicyclic) bond motifs is 1. The number of thiophene rings is 1. The molecule has 1 aromatic carbocycles. The zero-order valence-electron chi connectivity index (χ0n) is 15.6. The van der Waals surface area contributed by atoms with Crippen molar-refractivity contribution in [3.63, 3.8) is 0 Å². The van der Waals surface area contributed by atoms with Crippen molar-refractivity contribution in [2.45, 2.75) is 25.0 Å². The molecule has 28 heavy (non-hydrogen) atoms. The molecule has 1 aliphatic heterocycles. The Labute approximate surface area is 167 Å². The van der Waals surface area contributed by atoms with E-state index in [-0.39, 0.29) is 12.0 Å². The molecule has 1 saturated heterocycles. The molecule has 0 radical (unpaired) electrons. The number of hydrogen-bond acceptors (Lipinski definition) is 5. The molecule has 146 valence electrons. The molecule has 2 unspecified atom stereocenters. The molecule has 3 aromatic rings. The van der Waals surface area contributed by atoms with Crippen molar-refractivity contribution in [2.75, 3.05) is 13.2 Å². The van der Waals surface area contributed by atoms with Gasteiger partial charge in [0.1, 0.15) is 5.69 Å². The normalized spacial score (nSPS) is 17.5. The first-order valence-corrected chi connectivity index (χ1v) is 10.2. The summed E-state index contributed by atoms with van der Waals surface area (Å²) in [5.74, 6) is -0.863. The highest BCUT2D eigenvalue weighted by Gasteiger charge is 2.28. The molecule has 0 bridgehead atoms. The molecule has 6 nitrogen and oxygen atoms in total. The van der Waals surface area contributed by atoms with Gasteiger partial charge in [0.2, 0.25) is 6.10 Å². The number of hydrogen-bond donors (Lipinski definition) is 1. The van der Waals surface area contributed by atoms with E-state index in [0.29, 0.717) is 17.8 Å². The lowest BCUT2D eigenvalue weighted by Gasteiger charge is -2.19.